The second-order valence-corrected chi connectivity index (χ2v) is 16.1. The van der Waals surface area contributed by atoms with Crippen LogP contribution in [0.5, 0.6) is 5.75 Å². The van der Waals surface area contributed by atoms with E-state index in [1.54, 1.807) is 25.3 Å². The number of fused-ring (bicyclic) bond motifs is 3. The molecule has 1 fully saturated rings. The summed E-state index contributed by atoms with van der Waals surface area (Å²) in [4.78, 5) is 14.4. The molecule has 44 heavy (non-hydrogen) atoms. The number of anilines is 1. The SMILES string of the molecule is CO[C@@H](C1=CC(C(C)(C)CS(N)(=O)=O)C1)[C@@H]1CC[C@H]1CN1C[C@@]2(CCCc3cc(Cl)ccc32)COc2ccc(C(=O)O)cc21. The number of aryl methyl sites for hydroxylation is 1. The van der Waals surface area contributed by atoms with Crippen molar-refractivity contribution >= 4 is 33.3 Å². The molecule has 0 saturated heterocycles. The standard InChI is InChI=1S/C34H43ClN2O6S/c1-33(2,20-44(36,40)41)25-13-24(14-25)31(42-3)27-9-6-23(27)17-37-18-34(12-4-5-21-15-26(35)8-10-28(21)34)19-43-30-11-7-22(32(38)39)16-29(30)37/h7-8,10-11,13,15-16,23,25,27,31H,4-6,9,12,14,17-20H2,1-3H3,(H,38,39)(H2,36,40,41)/t23-,25?,27+,31-,34-/m0/s1. The molecule has 0 aromatic heterocycles. The van der Waals surface area contributed by atoms with Gasteiger partial charge < -0.3 is 19.5 Å². The minimum absolute atomic E-state index is 0.0326. The number of benzene rings is 2. The van der Waals surface area contributed by atoms with Crippen LogP contribution in [0.25, 0.3) is 0 Å². The molecule has 2 aromatic carbocycles. The van der Waals surface area contributed by atoms with E-state index in [-0.39, 0.29) is 28.8 Å². The predicted molar refractivity (Wildman–Crippen MR) is 172 cm³/mol. The number of halogens is 1. The molecular weight excluding hydrogens is 600 g/mol. The van der Waals surface area contributed by atoms with E-state index in [2.05, 4.69) is 23.1 Å². The third kappa shape index (κ3) is 6.00. The summed E-state index contributed by atoms with van der Waals surface area (Å²) in [6.07, 6.45) is 8.07. The number of sulfonamides is 1. The van der Waals surface area contributed by atoms with Gasteiger partial charge in [-0.05, 0) is 109 Å². The summed E-state index contributed by atoms with van der Waals surface area (Å²) < 4.78 is 36.2. The Balaban J connectivity index is 1.28. The quantitative estimate of drug-likeness (QED) is 0.331. The number of hydrogen-bond acceptors (Lipinski definition) is 6. The monoisotopic (exact) mass is 642 g/mol. The Morgan fingerprint density at radius 2 is 2.02 bits per heavy atom. The van der Waals surface area contributed by atoms with Gasteiger partial charge in [0, 0.05) is 30.6 Å². The fourth-order valence-corrected chi connectivity index (χ4v) is 9.61. The number of allylic oxidation sites excluding steroid dienone is 1. The largest absolute Gasteiger partial charge is 0.490 e. The molecule has 10 heteroatoms. The van der Waals surface area contributed by atoms with Gasteiger partial charge in [0.05, 0.1) is 29.7 Å². The molecule has 3 N–H and O–H groups in total. The van der Waals surface area contributed by atoms with Crippen LogP contribution in [-0.4, -0.2) is 58.2 Å². The minimum atomic E-state index is -3.57. The summed E-state index contributed by atoms with van der Waals surface area (Å²) in [6, 6.07) is 11.4. The van der Waals surface area contributed by atoms with Crippen LogP contribution in [-0.2, 0) is 26.6 Å². The highest BCUT2D eigenvalue weighted by Crippen LogP contribution is 2.50. The number of nitrogens with zero attached hydrogens (tertiary/aromatic N) is 1. The first-order chi connectivity index (χ1) is 20.8. The molecule has 3 aliphatic carbocycles. The van der Waals surface area contributed by atoms with Crippen LogP contribution in [0.2, 0.25) is 5.02 Å². The first-order valence-electron chi connectivity index (χ1n) is 15.6. The van der Waals surface area contributed by atoms with Crippen molar-refractivity contribution in [2.45, 2.75) is 63.9 Å². The molecule has 6 rings (SSSR count). The van der Waals surface area contributed by atoms with Crippen molar-refractivity contribution in [3.05, 3.63) is 69.8 Å². The fraction of sp³-hybridized carbons (Fsp3) is 0.559. The van der Waals surface area contributed by atoms with Crippen molar-refractivity contribution < 1.29 is 27.8 Å². The van der Waals surface area contributed by atoms with Gasteiger partial charge >= 0.3 is 5.97 Å². The molecule has 0 radical (unpaired) electrons. The molecule has 2 aromatic rings. The van der Waals surface area contributed by atoms with Crippen molar-refractivity contribution in [2.75, 3.05) is 37.5 Å². The van der Waals surface area contributed by atoms with Crippen LogP contribution in [0.4, 0.5) is 5.69 Å². The lowest BCUT2D eigenvalue weighted by Crippen LogP contribution is -2.50. The molecule has 1 saturated carbocycles. The van der Waals surface area contributed by atoms with Crippen LogP contribution in [0, 0.1) is 23.2 Å². The average Bonchev–Trinajstić information content (AvgIpc) is 3.05. The van der Waals surface area contributed by atoms with Crippen molar-refractivity contribution in [3.8, 4) is 5.75 Å². The van der Waals surface area contributed by atoms with Gasteiger partial charge in [0.2, 0.25) is 10.0 Å². The van der Waals surface area contributed by atoms with Gasteiger partial charge in [0.25, 0.3) is 0 Å². The van der Waals surface area contributed by atoms with Gasteiger partial charge in [-0.2, -0.15) is 0 Å². The number of rotatable bonds is 9. The second kappa shape index (κ2) is 11.6. The third-order valence-corrected chi connectivity index (χ3v) is 12.1. The van der Waals surface area contributed by atoms with Gasteiger partial charge in [0.15, 0.2) is 0 Å². The zero-order valence-corrected chi connectivity index (χ0v) is 27.3. The highest BCUT2D eigenvalue weighted by atomic mass is 35.5. The molecule has 8 nitrogen and oxygen atoms in total. The topological polar surface area (TPSA) is 119 Å². The first-order valence-corrected chi connectivity index (χ1v) is 17.7. The molecule has 1 heterocycles. The normalized spacial score (nSPS) is 27.2. The van der Waals surface area contributed by atoms with E-state index in [0.29, 0.717) is 24.2 Å². The van der Waals surface area contributed by atoms with E-state index in [1.807, 2.05) is 19.9 Å². The number of carbonyl (C=O) groups is 1. The van der Waals surface area contributed by atoms with E-state index >= 15 is 0 Å². The lowest BCUT2D eigenvalue weighted by atomic mass is 9.62. The Morgan fingerprint density at radius 1 is 1.25 bits per heavy atom. The Hall–Kier alpha value is -2.59. The van der Waals surface area contributed by atoms with Crippen LogP contribution < -0.4 is 14.8 Å². The summed E-state index contributed by atoms with van der Waals surface area (Å²) in [7, 11) is -1.81. The van der Waals surface area contributed by atoms with Crippen LogP contribution >= 0.6 is 11.6 Å². The van der Waals surface area contributed by atoms with Gasteiger partial charge in [-0.3, -0.25) is 0 Å². The first kappa shape index (κ1) is 31.4. The van der Waals surface area contributed by atoms with Crippen LogP contribution in [0.1, 0.15) is 67.4 Å². The van der Waals surface area contributed by atoms with E-state index in [1.165, 1.54) is 16.7 Å². The molecule has 238 valence electrons. The van der Waals surface area contributed by atoms with Gasteiger partial charge in [-0.25, -0.2) is 18.4 Å². The predicted octanol–water partition coefficient (Wildman–Crippen LogP) is 5.81. The Labute approximate surface area is 265 Å². The zero-order chi connectivity index (χ0) is 31.4. The summed E-state index contributed by atoms with van der Waals surface area (Å²) in [6.45, 7) is 5.93. The molecular formula is C34H43ClN2O6S. The zero-order valence-electron chi connectivity index (χ0n) is 25.7. The van der Waals surface area contributed by atoms with Crippen molar-refractivity contribution in [1.29, 1.82) is 0 Å². The van der Waals surface area contributed by atoms with Crippen LogP contribution in [0.3, 0.4) is 0 Å². The second-order valence-electron chi connectivity index (χ2n) is 14.1. The van der Waals surface area contributed by atoms with Crippen molar-refractivity contribution in [2.24, 2.45) is 28.3 Å². The number of methoxy groups -OCH3 is 1. The Morgan fingerprint density at radius 3 is 2.68 bits per heavy atom. The maximum absolute atomic E-state index is 12.0. The summed E-state index contributed by atoms with van der Waals surface area (Å²) in [5, 5.41) is 15.9. The number of hydrogen-bond donors (Lipinski definition) is 2. The lowest BCUT2D eigenvalue weighted by molar-refractivity contribution is -0.00186. The van der Waals surface area contributed by atoms with E-state index in [9.17, 15) is 18.3 Å². The molecule has 0 bridgehead atoms. The minimum Gasteiger partial charge on any atom is -0.490 e. The highest BCUT2D eigenvalue weighted by molar-refractivity contribution is 7.89. The summed E-state index contributed by atoms with van der Waals surface area (Å²) in [5.41, 5.74) is 4.17. The Kier molecular flexibility index (Phi) is 8.31. The number of carboxylic acid groups (broad SMARTS) is 1. The molecule has 1 aliphatic heterocycles. The number of nitrogens with two attached hydrogens (primary N) is 1. The lowest BCUT2D eigenvalue weighted by Gasteiger charge is -2.49. The van der Waals surface area contributed by atoms with E-state index in [4.69, 9.17) is 26.2 Å². The Bertz CT molecular complexity index is 1590. The van der Waals surface area contributed by atoms with Gasteiger partial charge in [0.1, 0.15) is 5.75 Å². The third-order valence-electron chi connectivity index (χ3n) is 10.7. The molecule has 0 amide bonds. The molecule has 4 aliphatic rings. The summed E-state index contributed by atoms with van der Waals surface area (Å²) >= 11 is 6.40. The van der Waals surface area contributed by atoms with E-state index in [0.717, 1.165) is 62.3 Å². The van der Waals surface area contributed by atoms with Crippen molar-refractivity contribution in [1.82, 2.24) is 0 Å². The molecule has 5 atom stereocenters. The van der Waals surface area contributed by atoms with Gasteiger partial charge in [-0.15, -0.1) is 0 Å². The van der Waals surface area contributed by atoms with E-state index < -0.39 is 21.4 Å². The highest BCUT2D eigenvalue weighted by Gasteiger charge is 2.47. The van der Waals surface area contributed by atoms with Crippen molar-refractivity contribution in [3.63, 3.8) is 0 Å². The fourth-order valence-electron chi connectivity index (χ4n) is 8.17. The number of ether oxygens (including phenoxy) is 2. The smallest absolute Gasteiger partial charge is 0.335 e. The molecule has 1 spiro atoms. The summed E-state index contributed by atoms with van der Waals surface area (Å²) in [5.74, 6) is 0.510. The number of aromatic carboxylic acids is 1. The van der Waals surface area contributed by atoms with Crippen LogP contribution in [0.15, 0.2) is 48.0 Å². The number of primary sulfonamides is 1. The maximum atomic E-state index is 12.0. The molecule has 1 unspecified atom stereocenters. The van der Waals surface area contributed by atoms with Gasteiger partial charge in [-0.1, -0.05) is 37.6 Å². The average molecular weight is 643 g/mol. The number of carboxylic acids is 1. The maximum Gasteiger partial charge on any atom is 0.335 e.